The third kappa shape index (κ3) is 1.84. The molecular formula is C8H10INO. The molecule has 0 fully saturated rings. The molecule has 0 spiro atoms. The summed E-state index contributed by atoms with van der Waals surface area (Å²) in [5, 5.41) is 8.87. The summed E-state index contributed by atoms with van der Waals surface area (Å²) in [6.07, 6.45) is 0. The van der Waals surface area contributed by atoms with E-state index in [1.54, 1.807) is 0 Å². The van der Waals surface area contributed by atoms with E-state index in [0.717, 1.165) is 20.4 Å². The molecule has 3 heteroatoms. The number of rotatable bonds is 1. The Balaban J connectivity index is 3.21. The molecule has 1 aromatic rings. The van der Waals surface area contributed by atoms with Crippen LogP contribution in [0.1, 0.15) is 11.1 Å². The Labute approximate surface area is 79.6 Å². The first kappa shape index (κ1) is 8.80. The third-order valence-corrected chi connectivity index (χ3v) is 2.61. The Morgan fingerprint density at radius 2 is 2.18 bits per heavy atom. The average molecular weight is 263 g/mol. The fourth-order valence-corrected chi connectivity index (χ4v) is 1.65. The van der Waals surface area contributed by atoms with Crippen LogP contribution >= 0.6 is 22.6 Å². The van der Waals surface area contributed by atoms with Gasteiger partial charge in [0.25, 0.3) is 0 Å². The average Bonchev–Trinajstić information content (AvgIpc) is 1.97. The lowest BCUT2D eigenvalue weighted by Crippen LogP contribution is -1.95. The van der Waals surface area contributed by atoms with Gasteiger partial charge in [-0.15, -0.1) is 0 Å². The second kappa shape index (κ2) is 3.40. The maximum Gasteiger partial charge on any atom is 0.0692 e. The molecule has 0 amide bonds. The van der Waals surface area contributed by atoms with Gasteiger partial charge in [0.2, 0.25) is 0 Å². The number of benzene rings is 1. The highest BCUT2D eigenvalue weighted by atomic mass is 127. The molecule has 0 unspecified atom stereocenters. The van der Waals surface area contributed by atoms with E-state index in [-0.39, 0.29) is 6.61 Å². The normalized spacial score (nSPS) is 10.1. The summed E-state index contributed by atoms with van der Waals surface area (Å²) in [4.78, 5) is 0. The Hall–Kier alpha value is -0.290. The standard InChI is InChI=1S/C8H10INO/c1-5-2-7(9)6(4-11)3-8(5)10/h2-3,11H,4,10H2,1H3. The maximum atomic E-state index is 8.87. The largest absolute Gasteiger partial charge is 0.399 e. The summed E-state index contributed by atoms with van der Waals surface area (Å²) in [7, 11) is 0. The summed E-state index contributed by atoms with van der Waals surface area (Å²) in [6, 6.07) is 3.79. The molecule has 1 rings (SSSR count). The number of hydrogen-bond acceptors (Lipinski definition) is 2. The fourth-order valence-electron chi connectivity index (χ4n) is 0.858. The van der Waals surface area contributed by atoms with Crippen LogP contribution < -0.4 is 5.73 Å². The van der Waals surface area contributed by atoms with Gasteiger partial charge in [-0.1, -0.05) is 0 Å². The molecule has 0 bridgehead atoms. The van der Waals surface area contributed by atoms with Crippen molar-refractivity contribution < 1.29 is 5.11 Å². The van der Waals surface area contributed by atoms with Crippen molar-refractivity contribution in [3.63, 3.8) is 0 Å². The highest BCUT2D eigenvalue weighted by molar-refractivity contribution is 14.1. The maximum absolute atomic E-state index is 8.87. The number of nitrogen functional groups attached to an aromatic ring is 1. The first-order chi connectivity index (χ1) is 5.15. The first-order valence-electron chi connectivity index (χ1n) is 3.30. The summed E-state index contributed by atoms with van der Waals surface area (Å²) >= 11 is 2.19. The van der Waals surface area contributed by atoms with E-state index in [0.29, 0.717) is 0 Å². The predicted molar refractivity (Wildman–Crippen MR) is 54.2 cm³/mol. The summed E-state index contributed by atoms with van der Waals surface area (Å²) in [5.41, 5.74) is 8.35. The molecule has 2 nitrogen and oxygen atoms in total. The van der Waals surface area contributed by atoms with Crippen molar-refractivity contribution in [1.29, 1.82) is 0 Å². The number of halogens is 1. The van der Waals surface area contributed by atoms with Crippen LogP contribution in [-0.2, 0) is 6.61 Å². The first-order valence-corrected chi connectivity index (χ1v) is 4.38. The molecule has 11 heavy (non-hydrogen) atoms. The van der Waals surface area contributed by atoms with Crippen LogP contribution in [-0.4, -0.2) is 5.11 Å². The van der Waals surface area contributed by atoms with Crippen LogP contribution in [0.25, 0.3) is 0 Å². The van der Waals surface area contributed by atoms with E-state index in [4.69, 9.17) is 10.8 Å². The fraction of sp³-hybridized carbons (Fsp3) is 0.250. The van der Waals surface area contributed by atoms with Gasteiger partial charge in [-0.05, 0) is 52.8 Å². The van der Waals surface area contributed by atoms with Gasteiger partial charge in [0.05, 0.1) is 6.61 Å². The van der Waals surface area contributed by atoms with Gasteiger partial charge in [-0.2, -0.15) is 0 Å². The number of aliphatic hydroxyl groups excluding tert-OH is 1. The Bertz CT molecular complexity index is 273. The van der Waals surface area contributed by atoms with Gasteiger partial charge >= 0.3 is 0 Å². The van der Waals surface area contributed by atoms with Crippen LogP contribution in [0.5, 0.6) is 0 Å². The number of aryl methyl sites for hydroxylation is 1. The molecule has 0 atom stereocenters. The van der Waals surface area contributed by atoms with E-state index in [1.807, 2.05) is 19.1 Å². The minimum Gasteiger partial charge on any atom is -0.399 e. The van der Waals surface area contributed by atoms with Crippen molar-refractivity contribution in [2.75, 3.05) is 5.73 Å². The summed E-state index contributed by atoms with van der Waals surface area (Å²) in [5.74, 6) is 0. The van der Waals surface area contributed by atoms with Gasteiger partial charge < -0.3 is 10.8 Å². The third-order valence-electron chi connectivity index (χ3n) is 1.61. The SMILES string of the molecule is Cc1cc(I)c(CO)cc1N. The quantitative estimate of drug-likeness (QED) is 0.598. The number of nitrogens with two attached hydrogens (primary N) is 1. The topological polar surface area (TPSA) is 46.2 Å². The Morgan fingerprint density at radius 3 is 2.73 bits per heavy atom. The minimum absolute atomic E-state index is 0.0583. The lowest BCUT2D eigenvalue weighted by Gasteiger charge is -2.04. The molecule has 0 aliphatic heterocycles. The Kier molecular flexibility index (Phi) is 2.72. The van der Waals surface area contributed by atoms with Crippen molar-refractivity contribution in [2.24, 2.45) is 0 Å². The second-order valence-corrected chi connectivity index (χ2v) is 3.62. The molecular weight excluding hydrogens is 253 g/mol. The van der Waals surface area contributed by atoms with Crippen molar-refractivity contribution in [3.05, 3.63) is 26.8 Å². The van der Waals surface area contributed by atoms with Gasteiger partial charge in [0.1, 0.15) is 0 Å². The monoisotopic (exact) mass is 263 g/mol. The molecule has 0 aliphatic carbocycles. The van der Waals surface area contributed by atoms with E-state index in [1.165, 1.54) is 0 Å². The number of aliphatic hydroxyl groups is 1. The highest BCUT2D eigenvalue weighted by Gasteiger charge is 2.00. The summed E-state index contributed by atoms with van der Waals surface area (Å²) in [6.45, 7) is 2.02. The lowest BCUT2D eigenvalue weighted by molar-refractivity contribution is 0.281. The zero-order chi connectivity index (χ0) is 8.43. The molecule has 0 saturated heterocycles. The predicted octanol–water partition coefficient (Wildman–Crippen LogP) is 1.67. The van der Waals surface area contributed by atoms with Crippen LogP contribution in [0, 0.1) is 10.5 Å². The van der Waals surface area contributed by atoms with Crippen LogP contribution in [0.4, 0.5) is 5.69 Å². The Morgan fingerprint density at radius 1 is 1.55 bits per heavy atom. The zero-order valence-electron chi connectivity index (χ0n) is 6.26. The molecule has 3 N–H and O–H groups in total. The second-order valence-electron chi connectivity index (χ2n) is 2.46. The number of hydrogen-bond donors (Lipinski definition) is 2. The van der Waals surface area contributed by atoms with E-state index < -0.39 is 0 Å². The van der Waals surface area contributed by atoms with Gasteiger partial charge in [-0.3, -0.25) is 0 Å². The van der Waals surface area contributed by atoms with E-state index >= 15 is 0 Å². The molecule has 0 radical (unpaired) electrons. The van der Waals surface area contributed by atoms with Gasteiger partial charge in [0, 0.05) is 9.26 Å². The van der Waals surface area contributed by atoms with Crippen LogP contribution in [0.3, 0.4) is 0 Å². The van der Waals surface area contributed by atoms with Gasteiger partial charge in [0.15, 0.2) is 0 Å². The smallest absolute Gasteiger partial charge is 0.0692 e. The van der Waals surface area contributed by atoms with Crippen molar-refractivity contribution in [3.8, 4) is 0 Å². The van der Waals surface area contributed by atoms with Gasteiger partial charge in [-0.25, -0.2) is 0 Å². The summed E-state index contributed by atoms with van der Waals surface area (Å²) < 4.78 is 1.07. The van der Waals surface area contributed by atoms with Crippen LogP contribution in [0.15, 0.2) is 12.1 Å². The van der Waals surface area contributed by atoms with E-state index in [9.17, 15) is 0 Å². The highest BCUT2D eigenvalue weighted by Crippen LogP contribution is 2.19. The molecule has 60 valence electrons. The molecule has 0 saturated carbocycles. The van der Waals surface area contributed by atoms with Crippen molar-refractivity contribution in [2.45, 2.75) is 13.5 Å². The molecule has 0 aliphatic rings. The van der Waals surface area contributed by atoms with Crippen molar-refractivity contribution in [1.82, 2.24) is 0 Å². The van der Waals surface area contributed by atoms with Crippen molar-refractivity contribution >= 4 is 28.3 Å². The lowest BCUT2D eigenvalue weighted by atomic mass is 10.1. The number of anilines is 1. The molecule has 0 heterocycles. The van der Waals surface area contributed by atoms with Crippen LogP contribution in [0.2, 0.25) is 0 Å². The minimum atomic E-state index is 0.0583. The molecule has 1 aromatic carbocycles. The van der Waals surface area contributed by atoms with E-state index in [2.05, 4.69) is 22.6 Å². The molecule has 0 aromatic heterocycles. The zero-order valence-corrected chi connectivity index (χ0v) is 8.42.